The van der Waals surface area contributed by atoms with Crippen LogP contribution in [-0.2, 0) is 74.6 Å². The van der Waals surface area contributed by atoms with E-state index in [9.17, 15) is 38.4 Å². The Morgan fingerprint density at radius 2 is 0.895 bits per heavy atom. The Hall–Kier alpha value is -10.7. The summed E-state index contributed by atoms with van der Waals surface area (Å²) < 4.78 is 24.4. The van der Waals surface area contributed by atoms with E-state index in [2.05, 4.69) is 30.6 Å². The molecule has 504 valence electrons. The smallest absolute Gasteiger partial charge is 0.340 e. The number of carbonyl (C=O) groups is 8. The Labute approximate surface area is 551 Å². The minimum atomic E-state index is -1.73. The first-order valence-corrected chi connectivity index (χ1v) is 31.6. The summed E-state index contributed by atoms with van der Waals surface area (Å²) in [7, 11) is 0. The quantitative estimate of drug-likeness (QED) is 0.00658. The van der Waals surface area contributed by atoms with Crippen molar-refractivity contribution in [2.75, 3.05) is 26.2 Å². The number of hydrogen-bond donors (Lipinski definition) is 10. The van der Waals surface area contributed by atoms with E-state index in [0.717, 1.165) is 11.1 Å². The molecule has 26 heteroatoms. The number of guanidine groups is 4. The zero-order chi connectivity index (χ0) is 68.6. The number of nitrogens with two attached hydrogens (primary N) is 8. The number of benzene rings is 5. The highest BCUT2D eigenvalue weighted by Gasteiger charge is 2.54. The zero-order valence-electron chi connectivity index (χ0n) is 53.6. The fourth-order valence-corrected chi connectivity index (χ4v) is 11.3. The van der Waals surface area contributed by atoms with Crippen molar-refractivity contribution in [1.82, 2.24) is 10.6 Å². The van der Waals surface area contributed by atoms with Gasteiger partial charge in [-0.25, -0.2) is 4.79 Å². The molecule has 2 aliphatic rings. The number of nitrogens with zero attached hydrogens (tertiary/aromatic N) is 4. The van der Waals surface area contributed by atoms with Crippen LogP contribution in [0.1, 0.15) is 144 Å². The van der Waals surface area contributed by atoms with E-state index in [-0.39, 0.29) is 163 Å². The van der Waals surface area contributed by atoms with Gasteiger partial charge in [-0.3, -0.25) is 53.5 Å². The van der Waals surface area contributed by atoms with Gasteiger partial charge in [0.2, 0.25) is 11.8 Å². The van der Waals surface area contributed by atoms with Gasteiger partial charge < -0.3 is 75.5 Å². The van der Waals surface area contributed by atoms with E-state index in [0.29, 0.717) is 46.2 Å². The summed E-state index contributed by atoms with van der Waals surface area (Å²) in [5.74, 6) is -6.30. The van der Waals surface area contributed by atoms with Gasteiger partial charge in [-0.2, -0.15) is 0 Å². The molecule has 0 saturated heterocycles. The molecule has 1 spiro atoms. The molecule has 5 aromatic rings. The average molecular weight is 1300 g/mol. The van der Waals surface area contributed by atoms with Crippen molar-refractivity contribution in [2.24, 2.45) is 83.6 Å². The topological polar surface area (TPSA) is 455 Å². The summed E-state index contributed by atoms with van der Waals surface area (Å²) in [5.41, 5.74) is 47.0. The predicted octanol–water partition coefficient (Wildman–Crippen LogP) is 4.39. The predicted molar refractivity (Wildman–Crippen MR) is 358 cm³/mol. The Kier molecular flexibility index (Phi) is 26.3. The van der Waals surface area contributed by atoms with Crippen LogP contribution in [0.3, 0.4) is 0 Å². The molecule has 0 saturated carbocycles. The first-order chi connectivity index (χ1) is 45.5. The van der Waals surface area contributed by atoms with Crippen molar-refractivity contribution in [3.8, 4) is 11.5 Å². The van der Waals surface area contributed by atoms with Gasteiger partial charge in [0.1, 0.15) is 24.7 Å². The van der Waals surface area contributed by atoms with Crippen LogP contribution in [-0.4, -0.2) is 109 Å². The van der Waals surface area contributed by atoms with Crippen LogP contribution in [0.25, 0.3) is 0 Å². The number of esters is 3. The molecule has 2 heterocycles. The summed E-state index contributed by atoms with van der Waals surface area (Å²) in [6.45, 7) is 4.42. The van der Waals surface area contributed by atoms with Crippen LogP contribution < -0.4 is 61.2 Å². The highest BCUT2D eigenvalue weighted by molar-refractivity contribution is 6.02. The molecular weight excluding hydrogens is 1220 g/mol. The van der Waals surface area contributed by atoms with Crippen LogP contribution >= 0.6 is 0 Å². The molecule has 2 amide bonds. The van der Waals surface area contributed by atoms with Gasteiger partial charge >= 0.3 is 17.9 Å². The molecule has 95 heavy (non-hydrogen) atoms. The van der Waals surface area contributed by atoms with E-state index in [1.54, 1.807) is 78.9 Å². The van der Waals surface area contributed by atoms with Crippen LogP contribution in [0.15, 0.2) is 135 Å². The summed E-state index contributed by atoms with van der Waals surface area (Å²) in [6, 6.07) is 30.6. The molecule has 5 aromatic carbocycles. The average Bonchev–Trinajstić information content (AvgIpc) is 1.61. The van der Waals surface area contributed by atoms with Gasteiger partial charge in [-0.1, -0.05) is 105 Å². The third-order valence-corrected chi connectivity index (χ3v) is 16.0. The Bertz CT molecular complexity index is 3480. The van der Waals surface area contributed by atoms with Crippen molar-refractivity contribution >= 4 is 70.9 Å². The van der Waals surface area contributed by atoms with Gasteiger partial charge in [0, 0.05) is 79.5 Å². The lowest BCUT2D eigenvalue weighted by Gasteiger charge is -2.37. The minimum absolute atomic E-state index is 0.0152. The highest BCUT2D eigenvalue weighted by atomic mass is 16.6. The molecule has 0 bridgehead atoms. The minimum Gasteiger partial charge on any atom is -0.461 e. The lowest BCUT2D eigenvalue weighted by Crippen LogP contribution is -2.45. The molecule has 4 unspecified atom stereocenters. The van der Waals surface area contributed by atoms with Gasteiger partial charge in [0.25, 0.3) is 0 Å². The van der Waals surface area contributed by atoms with E-state index >= 15 is 0 Å². The Morgan fingerprint density at radius 3 is 1.29 bits per heavy atom. The fourth-order valence-electron chi connectivity index (χ4n) is 11.3. The van der Waals surface area contributed by atoms with Crippen molar-refractivity contribution in [3.63, 3.8) is 0 Å². The number of amides is 2. The summed E-state index contributed by atoms with van der Waals surface area (Å²) in [5, 5.41) is 5.80. The highest BCUT2D eigenvalue weighted by Crippen LogP contribution is 2.56. The molecule has 0 aromatic heterocycles. The SMILES string of the molecule is CC(C)CC(=O)c1ccc2c(c1)C1(OC2=O)c2ccc(CC(=O)C(CCCN=C(N)N)NC(=O)C(CCCN=C(N)N)CC(=O)OCc3ccccc3)cc2Oc2cc(CC(=O)C(CCCN=C(N)N)NC(=O)C(CCCN=C(N)N)CC(=O)OCc3ccccc3)ccc21. The monoisotopic (exact) mass is 1300 g/mol. The van der Waals surface area contributed by atoms with Crippen LogP contribution in [0.4, 0.5) is 0 Å². The number of ether oxygens (including phenoxy) is 4. The molecule has 26 nitrogen and oxygen atoms in total. The second kappa shape index (κ2) is 34.8. The first-order valence-electron chi connectivity index (χ1n) is 31.6. The van der Waals surface area contributed by atoms with E-state index in [1.807, 2.05) is 50.2 Å². The zero-order valence-corrected chi connectivity index (χ0v) is 53.6. The second-order valence-electron chi connectivity index (χ2n) is 23.9. The lowest BCUT2D eigenvalue weighted by molar-refractivity contribution is -0.148. The molecule has 2 aliphatic heterocycles. The Morgan fingerprint density at radius 1 is 0.484 bits per heavy atom. The number of hydrogen-bond acceptors (Lipinski definition) is 16. The fraction of sp³-hybridized carbons (Fsp3) is 0.391. The molecule has 0 fully saturated rings. The Balaban J connectivity index is 1.21. The number of nitrogens with one attached hydrogen (secondary N) is 2. The maximum Gasteiger partial charge on any atom is 0.340 e. The summed E-state index contributed by atoms with van der Waals surface area (Å²) >= 11 is 0. The molecule has 7 rings (SSSR count). The maximum absolute atomic E-state index is 14.8. The summed E-state index contributed by atoms with van der Waals surface area (Å²) in [4.78, 5) is 129. The molecule has 18 N–H and O–H groups in total. The van der Waals surface area contributed by atoms with E-state index < -0.39 is 70.8 Å². The van der Waals surface area contributed by atoms with Gasteiger partial charge in [-0.15, -0.1) is 0 Å². The number of Topliss-reactive ketones (excluding diaryl/α,β-unsaturated/α-hetero) is 3. The standard InChI is InChI=1S/C69H86N14O12/c1-41(2)31-55(84)46-23-24-49-52(36-46)69(95-64(49)91)50-25-21-44(32-56(85)53(19-11-29-80-67(74)75)82-62(89)47(17-9-27-78-65(70)71)37-60(87)92-39-42-13-5-3-6-14-42)34-58(50)94-59-35-45(22-26-51(59)69)33-57(86)54(20-12-30-81-68(76)77)83-63(90)48(18-10-28-79-66(72)73)38-61(88)93-40-43-15-7-4-8-16-43/h3-8,13-16,21-26,34-36,41,47-48,53-54H,9-12,17-20,27-33,37-40H2,1-2H3,(H,82,89)(H,83,90)(H4,70,71,78)(H4,72,73,79)(H4,74,75,80)(H4,76,77,81). The molecular formula is C69H86N14O12. The van der Waals surface area contributed by atoms with Crippen LogP contribution in [0.2, 0.25) is 0 Å². The van der Waals surface area contributed by atoms with Crippen molar-refractivity contribution < 1.29 is 57.3 Å². The molecule has 0 aliphatic carbocycles. The second-order valence-corrected chi connectivity index (χ2v) is 23.9. The van der Waals surface area contributed by atoms with Gasteiger partial charge in [0.05, 0.1) is 30.5 Å². The molecule has 0 radical (unpaired) electrons. The number of rotatable bonds is 37. The number of fused-ring (bicyclic) bond motifs is 6. The number of aliphatic imine (C=N–C) groups is 4. The summed E-state index contributed by atoms with van der Waals surface area (Å²) in [6.07, 6.45) is 0.768. The first kappa shape index (κ1) is 71.8. The molecule has 4 atom stereocenters. The van der Waals surface area contributed by atoms with Crippen LogP contribution in [0, 0.1) is 17.8 Å². The van der Waals surface area contributed by atoms with E-state index in [4.69, 9.17) is 64.8 Å². The van der Waals surface area contributed by atoms with Crippen LogP contribution in [0.5, 0.6) is 11.5 Å². The van der Waals surface area contributed by atoms with Crippen molar-refractivity contribution in [2.45, 2.75) is 128 Å². The third-order valence-electron chi connectivity index (χ3n) is 16.0. The maximum atomic E-state index is 14.8. The van der Waals surface area contributed by atoms with Crippen molar-refractivity contribution in [3.05, 3.63) is 165 Å². The third kappa shape index (κ3) is 21.2. The number of carbonyl (C=O) groups excluding carboxylic acids is 8. The number of ketones is 3. The largest absolute Gasteiger partial charge is 0.461 e. The van der Waals surface area contributed by atoms with Crippen molar-refractivity contribution in [1.29, 1.82) is 0 Å². The van der Waals surface area contributed by atoms with Gasteiger partial charge in [0.15, 0.2) is 46.8 Å². The van der Waals surface area contributed by atoms with E-state index in [1.165, 1.54) is 0 Å². The lowest BCUT2D eigenvalue weighted by atomic mass is 9.76. The normalized spacial score (nSPS) is 14.5. The van der Waals surface area contributed by atoms with Gasteiger partial charge in [-0.05, 0) is 104 Å².